The fourth-order valence-corrected chi connectivity index (χ4v) is 1.32. The quantitative estimate of drug-likeness (QED) is 0.722. The Bertz CT molecular complexity index is 656. The van der Waals surface area contributed by atoms with Gasteiger partial charge in [0.2, 0.25) is 11.8 Å². The number of phenolic OH excluding ortho intramolecular Hbond substituents is 1. The summed E-state index contributed by atoms with van der Waals surface area (Å²) < 4.78 is 39.3. The van der Waals surface area contributed by atoms with E-state index in [0.717, 1.165) is 0 Å². The Labute approximate surface area is 104 Å². The van der Waals surface area contributed by atoms with E-state index in [-0.39, 0.29) is 5.95 Å². The molecule has 1 amide bonds. The molecule has 0 radical (unpaired) electrons. The topological polar surface area (TPSA) is 90.9 Å². The number of carbonyl (C=O) groups excluding carboxylic acids is 1. The molecular weight excluding hydrogens is 265 g/mol. The van der Waals surface area contributed by atoms with Crippen molar-refractivity contribution < 1.29 is 23.1 Å². The Balaban J connectivity index is 2.34. The highest BCUT2D eigenvalue weighted by atomic mass is 19.2. The lowest BCUT2D eigenvalue weighted by molar-refractivity contribution is 0.102. The molecule has 0 saturated heterocycles. The van der Waals surface area contributed by atoms with Crippen LogP contribution in [0.4, 0.5) is 19.1 Å². The summed E-state index contributed by atoms with van der Waals surface area (Å²) in [5.74, 6) is -7.32. The zero-order valence-corrected chi connectivity index (χ0v) is 9.46. The van der Waals surface area contributed by atoms with Gasteiger partial charge >= 0.3 is 0 Å². The molecule has 9 heteroatoms. The van der Waals surface area contributed by atoms with E-state index in [9.17, 15) is 18.0 Å². The number of rotatable bonds is 2. The summed E-state index contributed by atoms with van der Waals surface area (Å²) >= 11 is 0. The van der Waals surface area contributed by atoms with E-state index in [1.165, 1.54) is 0 Å². The van der Waals surface area contributed by atoms with Crippen LogP contribution < -0.4 is 5.32 Å². The smallest absolute Gasteiger partial charge is 0.261 e. The molecule has 0 fully saturated rings. The summed E-state index contributed by atoms with van der Waals surface area (Å²) in [4.78, 5) is 15.3. The summed E-state index contributed by atoms with van der Waals surface area (Å²) in [7, 11) is 0. The highest BCUT2D eigenvalue weighted by molar-refractivity contribution is 6.03. The van der Waals surface area contributed by atoms with Crippen LogP contribution in [0.2, 0.25) is 0 Å². The SMILES string of the molecule is Cc1nc(NC(=O)c2cc(F)c(F)c(O)c2F)n[nH]1. The van der Waals surface area contributed by atoms with Crippen molar-refractivity contribution in [2.24, 2.45) is 0 Å². The van der Waals surface area contributed by atoms with Crippen molar-refractivity contribution in [2.45, 2.75) is 6.92 Å². The van der Waals surface area contributed by atoms with Crippen LogP contribution in [0.3, 0.4) is 0 Å². The molecule has 19 heavy (non-hydrogen) atoms. The number of anilines is 1. The van der Waals surface area contributed by atoms with Gasteiger partial charge in [-0.25, -0.2) is 8.78 Å². The van der Waals surface area contributed by atoms with Gasteiger partial charge in [-0.15, -0.1) is 5.10 Å². The van der Waals surface area contributed by atoms with Crippen LogP contribution in [0, 0.1) is 24.4 Å². The second kappa shape index (κ2) is 4.59. The number of hydrogen-bond acceptors (Lipinski definition) is 4. The van der Waals surface area contributed by atoms with Crippen molar-refractivity contribution in [1.82, 2.24) is 15.2 Å². The molecule has 2 rings (SSSR count). The Hall–Kier alpha value is -2.58. The normalized spacial score (nSPS) is 10.5. The number of amides is 1. The first-order valence-electron chi connectivity index (χ1n) is 4.97. The standard InChI is InChI=1S/C10H7F3N4O2/c1-3-14-10(17-16-3)15-9(19)4-2-5(11)7(13)8(18)6(4)12/h2,18H,1H3,(H2,14,15,16,17,19). The molecule has 0 aliphatic heterocycles. The van der Waals surface area contributed by atoms with Gasteiger partial charge in [-0.3, -0.25) is 15.2 Å². The van der Waals surface area contributed by atoms with Crippen LogP contribution in [0.15, 0.2) is 6.07 Å². The van der Waals surface area contributed by atoms with E-state index in [1.54, 1.807) is 6.92 Å². The van der Waals surface area contributed by atoms with Crippen molar-refractivity contribution in [1.29, 1.82) is 0 Å². The summed E-state index contributed by atoms with van der Waals surface area (Å²) in [6.45, 7) is 1.56. The van der Waals surface area contributed by atoms with E-state index in [0.29, 0.717) is 11.9 Å². The molecule has 0 unspecified atom stereocenters. The lowest BCUT2D eigenvalue weighted by Crippen LogP contribution is -2.16. The van der Waals surface area contributed by atoms with E-state index >= 15 is 0 Å². The van der Waals surface area contributed by atoms with Crippen molar-refractivity contribution >= 4 is 11.9 Å². The molecule has 2 aromatic rings. The van der Waals surface area contributed by atoms with Crippen LogP contribution in [0.1, 0.15) is 16.2 Å². The number of aromatic nitrogens is 3. The molecule has 3 N–H and O–H groups in total. The monoisotopic (exact) mass is 272 g/mol. The summed E-state index contributed by atoms with van der Waals surface area (Å²) in [6, 6.07) is 0.333. The minimum atomic E-state index is -1.76. The highest BCUT2D eigenvalue weighted by Crippen LogP contribution is 2.26. The number of halogens is 3. The second-order valence-electron chi connectivity index (χ2n) is 3.58. The Kier molecular flexibility index (Phi) is 3.11. The molecule has 1 heterocycles. The first-order valence-corrected chi connectivity index (χ1v) is 4.97. The minimum absolute atomic E-state index is 0.161. The number of H-pyrrole nitrogens is 1. The molecule has 100 valence electrons. The largest absolute Gasteiger partial charge is 0.503 e. The molecule has 1 aromatic carbocycles. The number of hydrogen-bond donors (Lipinski definition) is 3. The third kappa shape index (κ3) is 2.34. The van der Waals surface area contributed by atoms with Gasteiger partial charge in [-0.05, 0) is 13.0 Å². The molecule has 0 spiro atoms. The molecule has 6 nitrogen and oxygen atoms in total. The van der Waals surface area contributed by atoms with Gasteiger partial charge in [0, 0.05) is 0 Å². The van der Waals surface area contributed by atoms with Crippen LogP contribution >= 0.6 is 0 Å². The van der Waals surface area contributed by atoms with Crippen molar-refractivity contribution in [3.8, 4) is 5.75 Å². The molecule has 0 atom stereocenters. The van der Waals surface area contributed by atoms with Gasteiger partial charge in [0.25, 0.3) is 5.91 Å². The van der Waals surface area contributed by atoms with Gasteiger partial charge in [-0.1, -0.05) is 0 Å². The van der Waals surface area contributed by atoms with E-state index in [1.807, 2.05) is 0 Å². The van der Waals surface area contributed by atoms with Gasteiger partial charge < -0.3 is 5.11 Å². The number of nitrogens with zero attached hydrogens (tertiary/aromatic N) is 2. The Morgan fingerprint density at radius 2 is 2.05 bits per heavy atom. The maximum atomic E-state index is 13.4. The fraction of sp³-hybridized carbons (Fsp3) is 0.100. The molecule has 0 aliphatic rings. The van der Waals surface area contributed by atoms with Crippen LogP contribution in [-0.4, -0.2) is 26.2 Å². The van der Waals surface area contributed by atoms with Crippen molar-refractivity contribution in [3.63, 3.8) is 0 Å². The maximum absolute atomic E-state index is 13.4. The molecule has 0 aliphatic carbocycles. The van der Waals surface area contributed by atoms with Crippen LogP contribution in [-0.2, 0) is 0 Å². The molecular formula is C10H7F3N4O2. The van der Waals surface area contributed by atoms with E-state index in [4.69, 9.17) is 5.11 Å². The van der Waals surface area contributed by atoms with E-state index in [2.05, 4.69) is 20.5 Å². The summed E-state index contributed by atoms with van der Waals surface area (Å²) in [5.41, 5.74) is -0.862. The second-order valence-corrected chi connectivity index (χ2v) is 3.58. The molecule has 0 saturated carbocycles. The first kappa shape index (κ1) is 12.9. The number of nitrogens with one attached hydrogen (secondary N) is 2. The predicted molar refractivity (Wildman–Crippen MR) is 57.1 cm³/mol. The number of aromatic amines is 1. The lowest BCUT2D eigenvalue weighted by atomic mass is 10.1. The Morgan fingerprint density at radius 1 is 1.37 bits per heavy atom. The zero-order chi connectivity index (χ0) is 14.2. The average Bonchev–Trinajstić information content (AvgIpc) is 2.76. The number of phenols is 1. The van der Waals surface area contributed by atoms with Crippen LogP contribution in [0.5, 0.6) is 5.75 Å². The number of carbonyl (C=O) groups is 1. The maximum Gasteiger partial charge on any atom is 0.261 e. The first-order chi connectivity index (χ1) is 8.90. The third-order valence-corrected chi connectivity index (χ3v) is 2.20. The highest BCUT2D eigenvalue weighted by Gasteiger charge is 2.23. The summed E-state index contributed by atoms with van der Waals surface area (Å²) in [6.07, 6.45) is 0. The van der Waals surface area contributed by atoms with Gasteiger partial charge in [0.05, 0.1) is 5.56 Å². The number of aromatic hydroxyl groups is 1. The van der Waals surface area contributed by atoms with Crippen molar-refractivity contribution in [3.05, 3.63) is 34.9 Å². The van der Waals surface area contributed by atoms with Crippen LogP contribution in [0.25, 0.3) is 0 Å². The van der Waals surface area contributed by atoms with Crippen molar-refractivity contribution in [2.75, 3.05) is 5.32 Å². The molecule has 1 aromatic heterocycles. The zero-order valence-electron chi connectivity index (χ0n) is 9.46. The van der Waals surface area contributed by atoms with Gasteiger partial charge in [-0.2, -0.15) is 9.37 Å². The molecule has 0 bridgehead atoms. The minimum Gasteiger partial charge on any atom is -0.503 e. The van der Waals surface area contributed by atoms with Gasteiger partial charge in [0.15, 0.2) is 17.4 Å². The van der Waals surface area contributed by atoms with Gasteiger partial charge in [0.1, 0.15) is 5.82 Å². The lowest BCUT2D eigenvalue weighted by Gasteiger charge is -2.05. The number of benzene rings is 1. The van der Waals surface area contributed by atoms with E-state index < -0.39 is 34.7 Å². The Morgan fingerprint density at radius 3 is 2.63 bits per heavy atom. The third-order valence-electron chi connectivity index (χ3n) is 2.20. The predicted octanol–water partition coefficient (Wildman–Crippen LogP) is 1.49. The average molecular weight is 272 g/mol. The fourth-order valence-electron chi connectivity index (χ4n) is 1.32. The summed E-state index contributed by atoms with van der Waals surface area (Å²) in [5, 5.41) is 17.0. The number of aryl methyl sites for hydroxylation is 1.